The zero-order chi connectivity index (χ0) is 41.7. The van der Waals surface area contributed by atoms with Crippen LogP contribution in [0.25, 0.3) is 0 Å². The molecular formula is C51H55NO7. The predicted octanol–water partition coefficient (Wildman–Crippen LogP) is 9.20. The minimum atomic E-state index is -1.71. The monoisotopic (exact) mass is 793 g/mol. The minimum Gasteiger partial charge on any atom is -0.496 e. The molecule has 1 heterocycles. The van der Waals surface area contributed by atoms with Crippen LogP contribution >= 0.6 is 0 Å². The van der Waals surface area contributed by atoms with Gasteiger partial charge in [0.2, 0.25) is 0 Å². The van der Waals surface area contributed by atoms with Gasteiger partial charge in [0.25, 0.3) is 0 Å². The van der Waals surface area contributed by atoms with Crippen LogP contribution in [0, 0.1) is 11.3 Å². The third-order valence-electron chi connectivity index (χ3n) is 9.98. The van der Waals surface area contributed by atoms with Crippen LogP contribution in [0.1, 0.15) is 69.8 Å². The maximum absolute atomic E-state index is 12.2. The Bertz CT molecular complexity index is 2090. The Balaban J connectivity index is 0.000000341. The van der Waals surface area contributed by atoms with Crippen molar-refractivity contribution in [2.45, 2.75) is 77.0 Å². The first-order valence-electron chi connectivity index (χ1n) is 20.0. The first kappa shape index (κ1) is 44.5. The number of hydrogen-bond acceptors (Lipinski definition) is 8. The largest absolute Gasteiger partial charge is 0.496 e. The number of aliphatic hydroxyl groups excluding tert-OH is 2. The summed E-state index contributed by atoms with van der Waals surface area (Å²) >= 11 is 0. The molecule has 0 amide bonds. The summed E-state index contributed by atoms with van der Waals surface area (Å²) in [6, 6.07) is 53.3. The Morgan fingerprint density at radius 3 is 1.66 bits per heavy atom. The maximum atomic E-state index is 12.2. The number of nitrogens with zero attached hydrogens (tertiary/aromatic N) is 1. The van der Waals surface area contributed by atoms with Gasteiger partial charge in [0.1, 0.15) is 5.75 Å². The lowest BCUT2D eigenvalue weighted by Crippen LogP contribution is -2.46. The summed E-state index contributed by atoms with van der Waals surface area (Å²) in [5, 5.41) is 39.3. The highest BCUT2D eigenvalue weighted by atomic mass is 16.6. The van der Waals surface area contributed by atoms with Gasteiger partial charge in [-0.3, -0.25) is 0 Å². The number of ether oxygens (including phenoxy) is 4. The van der Waals surface area contributed by atoms with E-state index in [0.29, 0.717) is 42.9 Å². The molecule has 6 aromatic carbocycles. The lowest BCUT2D eigenvalue weighted by molar-refractivity contribution is -0.294. The smallest absolute Gasteiger partial charge is 0.198 e. The highest BCUT2D eigenvalue weighted by molar-refractivity contribution is 5.51. The minimum absolute atomic E-state index is 0.140. The first-order chi connectivity index (χ1) is 28.9. The Labute approximate surface area is 348 Å². The Kier molecular flexibility index (Phi) is 17.9. The molecule has 306 valence electrons. The maximum Gasteiger partial charge on any atom is 0.198 e. The van der Waals surface area contributed by atoms with Crippen LogP contribution in [0.5, 0.6) is 5.75 Å². The van der Waals surface area contributed by atoms with E-state index in [4.69, 9.17) is 29.2 Å². The number of nitriles is 1. The molecule has 1 saturated heterocycles. The topological polar surface area (TPSA) is 121 Å². The second-order valence-corrected chi connectivity index (χ2v) is 14.3. The number of rotatable bonds is 14. The van der Waals surface area contributed by atoms with Gasteiger partial charge in [-0.15, -0.1) is 0 Å². The van der Waals surface area contributed by atoms with E-state index < -0.39 is 11.9 Å². The van der Waals surface area contributed by atoms with Crippen LogP contribution in [0.4, 0.5) is 0 Å². The average molecular weight is 794 g/mol. The van der Waals surface area contributed by atoms with Crippen molar-refractivity contribution in [1.82, 2.24) is 0 Å². The second kappa shape index (κ2) is 23.7. The molecule has 0 aromatic heterocycles. The van der Waals surface area contributed by atoms with Crippen molar-refractivity contribution >= 4 is 0 Å². The van der Waals surface area contributed by atoms with Gasteiger partial charge in [-0.1, -0.05) is 153 Å². The highest BCUT2D eigenvalue weighted by Crippen LogP contribution is 2.42. The van der Waals surface area contributed by atoms with Crippen LogP contribution in [0.15, 0.2) is 158 Å². The summed E-state index contributed by atoms with van der Waals surface area (Å²) in [5.74, 6) is -1.31. The molecule has 1 fully saturated rings. The van der Waals surface area contributed by atoms with Crippen LogP contribution in [0.3, 0.4) is 0 Å². The van der Waals surface area contributed by atoms with Crippen LogP contribution in [-0.4, -0.2) is 41.2 Å². The number of aryl methyl sites for hydroxylation is 1. The Morgan fingerprint density at radius 2 is 1.19 bits per heavy atom. The van der Waals surface area contributed by atoms with Crippen molar-refractivity contribution in [3.8, 4) is 11.8 Å². The quantitative estimate of drug-likeness (QED) is 0.0999. The molecule has 8 heteroatoms. The molecule has 0 saturated carbocycles. The van der Waals surface area contributed by atoms with E-state index in [1.54, 1.807) is 13.2 Å². The van der Waals surface area contributed by atoms with E-state index in [0.717, 1.165) is 39.8 Å². The molecule has 0 radical (unpaired) electrons. The van der Waals surface area contributed by atoms with E-state index in [1.165, 1.54) is 5.56 Å². The number of benzene rings is 6. The van der Waals surface area contributed by atoms with E-state index in [9.17, 15) is 10.4 Å². The Morgan fingerprint density at radius 1 is 0.678 bits per heavy atom. The van der Waals surface area contributed by atoms with Gasteiger partial charge in [0.15, 0.2) is 5.79 Å². The second-order valence-electron chi connectivity index (χ2n) is 14.3. The molecule has 3 unspecified atom stereocenters. The standard InChI is InChI=1S/C37H39NO5.2C7H8O/c1-3-27-14-16-28(17-15-27)18-31-19-35(36(40-2)20-32(31)23-38)37(39)22-33(42-25-30-12-8-5-9-13-30)21-34(43-37)26-41-24-29-10-6-4-7-11-29;2*8-6-7-4-2-1-3-5-7/h4-17,19-20,33-34,39H,3,18,21-22,24-26H2,1-2H3;2*1-5,8H,6H2. The van der Waals surface area contributed by atoms with Crippen molar-refractivity contribution in [1.29, 1.82) is 5.26 Å². The molecule has 3 atom stereocenters. The number of hydrogen-bond donors (Lipinski definition) is 3. The summed E-state index contributed by atoms with van der Waals surface area (Å²) in [6.45, 7) is 3.55. The van der Waals surface area contributed by atoms with Gasteiger partial charge in [0.05, 0.1) is 69.5 Å². The molecular weight excluding hydrogens is 739 g/mol. The lowest BCUT2D eigenvalue weighted by Gasteiger charge is -2.42. The van der Waals surface area contributed by atoms with E-state index >= 15 is 0 Å². The fourth-order valence-corrected chi connectivity index (χ4v) is 6.76. The van der Waals surface area contributed by atoms with Crippen LogP contribution in [-0.2, 0) is 59.3 Å². The third kappa shape index (κ3) is 14.0. The molecule has 59 heavy (non-hydrogen) atoms. The van der Waals surface area contributed by atoms with Crippen molar-refractivity contribution in [2.75, 3.05) is 13.7 Å². The van der Waals surface area contributed by atoms with Gasteiger partial charge in [-0.05, 0) is 63.9 Å². The van der Waals surface area contributed by atoms with Gasteiger partial charge < -0.3 is 34.3 Å². The molecule has 0 aliphatic carbocycles. The molecule has 6 aromatic rings. The molecule has 7 rings (SSSR count). The van der Waals surface area contributed by atoms with Crippen LogP contribution in [0.2, 0.25) is 0 Å². The zero-order valence-electron chi connectivity index (χ0n) is 34.0. The fraction of sp³-hybridized carbons (Fsp3) is 0.275. The molecule has 0 spiro atoms. The number of aliphatic hydroxyl groups is 3. The molecule has 1 aliphatic rings. The van der Waals surface area contributed by atoms with Gasteiger partial charge >= 0.3 is 0 Å². The lowest BCUT2D eigenvalue weighted by atomic mass is 9.88. The number of methoxy groups -OCH3 is 1. The highest BCUT2D eigenvalue weighted by Gasteiger charge is 2.44. The van der Waals surface area contributed by atoms with Gasteiger partial charge in [0, 0.05) is 12.8 Å². The predicted molar refractivity (Wildman–Crippen MR) is 230 cm³/mol. The van der Waals surface area contributed by atoms with Crippen molar-refractivity contribution < 1.29 is 34.3 Å². The van der Waals surface area contributed by atoms with Crippen molar-refractivity contribution in [2.24, 2.45) is 0 Å². The first-order valence-corrected chi connectivity index (χ1v) is 20.0. The summed E-state index contributed by atoms with van der Waals surface area (Å²) in [7, 11) is 1.54. The summed E-state index contributed by atoms with van der Waals surface area (Å²) in [4.78, 5) is 0. The van der Waals surface area contributed by atoms with Gasteiger partial charge in [-0.2, -0.15) is 5.26 Å². The molecule has 3 N–H and O–H groups in total. The van der Waals surface area contributed by atoms with E-state index in [2.05, 4.69) is 37.3 Å². The molecule has 1 aliphatic heterocycles. The fourth-order valence-electron chi connectivity index (χ4n) is 6.76. The van der Waals surface area contributed by atoms with Crippen molar-refractivity contribution in [3.63, 3.8) is 0 Å². The SMILES string of the molecule is CCc1ccc(Cc2cc(C3(O)CC(OCc4ccccc4)CC(COCc4ccccc4)O3)c(OC)cc2C#N)cc1.OCc1ccccc1.OCc1ccccc1. The Hall–Kier alpha value is -5.63. The normalized spacial score (nSPS) is 17.0. The summed E-state index contributed by atoms with van der Waals surface area (Å²) < 4.78 is 24.5. The zero-order valence-corrected chi connectivity index (χ0v) is 34.0. The molecule has 8 nitrogen and oxygen atoms in total. The van der Waals surface area contributed by atoms with E-state index in [-0.39, 0.29) is 32.3 Å². The molecule has 0 bridgehead atoms. The third-order valence-corrected chi connectivity index (χ3v) is 9.98. The van der Waals surface area contributed by atoms with Crippen LogP contribution < -0.4 is 4.74 Å². The summed E-state index contributed by atoms with van der Waals surface area (Å²) in [6.07, 6.45) is 1.56. The van der Waals surface area contributed by atoms with E-state index in [1.807, 2.05) is 127 Å². The van der Waals surface area contributed by atoms with Gasteiger partial charge in [-0.25, -0.2) is 0 Å². The average Bonchev–Trinajstić information content (AvgIpc) is 3.30. The van der Waals surface area contributed by atoms with Crippen molar-refractivity contribution in [3.05, 3.63) is 208 Å². The summed E-state index contributed by atoms with van der Waals surface area (Å²) in [5.41, 5.74) is 8.17.